The van der Waals surface area contributed by atoms with Crippen LogP contribution in [0.2, 0.25) is 5.02 Å². The predicted molar refractivity (Wildman–Crippen MR) is 97.6 cm³/mol. The van der Waals surface area contributed by atoms with Crippen LogP contribution in [0, 0.1) is 0 Å². The first-order chi connectivity index (χ1) is 12.1. The SMILES string of the molecule is CN1C(=O)c2cc(NC(=O)c3ccccc3Cl)ccc2N2CCN=C12. The van der Waals surface area contributed by atoms with E-state index >= 15 is 0 Å². The number of aliphatic imine (C=N–C) groups is 1. The van der Waals surface area contributed by atoms with Crippen LogP contribution in [0.1, 0.15) is 20.7 Å². The van der Waals surface area contributed by atoms with Gasteiger partial charge in [-0.3, -0.25) is 19.5 Å². The Hall–Kier alpha value is -2.86. The number of halogens is 1. The van der Waals surface area contributed by atoms with Crippen molar-refractivity contribution in [2.45, 2.75) is 0 Å². The van der Waals surface area contributed by atoms with Gasteiger partial charge in [0, 0.05) is 19.3 Å². The van der Waals surface area contributed by atoms with Crippen LogP contribution >= 0.6 is 11.6 Å². The van der Waals surface area contributed by atoms with Crippen LogP contribution in [0.4, 0.5) is 11.4 Å². The van der Waals surface area contributed by atoms with Crippen molar-refractivity contribution in [2.24, 2.45) is 4.99 Å². The molecule has 25 heavy (non-hydrogen) atoms. The van der Waals surface area contributed by atoms with E-state index in [2.05, 4.69) is 10.3 Å². The number of hydrogen-bond donors (Lipinski definition) is 1. The monoisotopic (exact) mass is 354 g/mol. The van der Waals surface area contributed by atoms with Crippen molar-refractivity contribution in [2.75, 3.05) is 30.4 Å². The van der Waals surface area contributed by atoms with E-state index in [1.807, 2.05) is 11.0 Å². The Morgan fingerprint density at radius 1 is 1.24 bits per heavy atom. The molecule has 0 aliphatic carbocycles. The van der Waals surface area contributed by atoms with Crippen molar-refractivity contribution >= 4 is 40.7 Å². The Morgan fingerprint density at radius 2 is 2.04 bits per heavy atom. The highest BCUT2D eigenvalue weighted by molar-refractivity contribution is 6.34. The number of nitrogens with one attached hydrogen (secondary N) is 1. The van der Waals surface area contributed by atoms with Crippen molar-refractivity contribution in [1.29, 1.82) is 0 Å². The molecule has 6 nitrogen and oxygen atoms in total. The van der Waals surface area contributed by atoms with Crippen molar-refractivity contribution in [3.63, 3.8) is 0 Å². The first kappa shape index (κ1) is 15.7. The molecular formula is C18H15ClN4O2. The lowest BCUT2D eigenvalue weighted by molar-refractivity contribution is 0.0865. The lowest BCUT2D eigenvalue weighted by atomic mass is 10.1. The standard InChI is InChI=1S/C18H15ClN4O2/c1-22-17(25)13-10-11(6-7-15(13)23-9-8-20-18(22)23)21-16(24)12-4-2-3-5-14(12)19/h2-7,10H,8-9H2,1H3,(H,21,24). The fraction of sp³-hybridized carbons (Fsp3) is 0.167. The third-order valence-corrected chi connectivity index (χ3v) is 4.65. The van der Waals surface area contributed by atoms with Gasteiger partial charge in [-0.1, -0.05) is 23.7 Å². The van der Waals surface area contributed by atoms with Crippen LogP contribution < -0.4 is 10.2 Å². The Bertz CT molecular complexity index is 925. The quantitative estimate of drug-likeness (QED) is 0.901. The average molecular weight is 355 g/mol. The molecule has 2 aromatic carbocycles. The van der Waals surface area contributed by atoms with Crippen LogP contribution in [0.3, 0.4) is 0 Å². The molecule has 4 rings (SSSR count). The molecule has 0 aromatic heterocycles. The highest BCUT2D eigenvalue weighted by Crippen LogP contribution is 2.32. The molecule has 0 saturated carbocycles. The summed E-state index contributed by atoms with van der Waals surface area (Å²) in [5.74, 6) is 0.219. The minimum atomic E-state index is -0.314. The molecule has 2 heterocycles. The zero-order chi connectivity index (χ0) is 17.6. The van der Waals surface area contributed by atoms with Gasteiger partial charge in [0.15, 0.2) is 0 Å². The lowest BCUT2D eigenvalue weighted by Gasteiger charge is -2.33. The number of amides is 2. The normalized spacial score (nSPS) is 15.6. The number of hydrogen-bond acceptors (Lipinski definition) is 4. The van der Waals surface area contributed by atoms with Gasteiger partial charge in [-0.2, -0.15) is 0 Å². The van der Waals surface area contributed by atoms with Gasteiger partial charge < -0.3 is 10.2 Å². The Kier molecular flexibility index (Phi) is 3.69. The molecule has 0 radical (unpaired) electrons. The molecule has 0 spiro atoms. The van der Waals surface area contributed by atoms with E-state index in [0.717, 1.165) is 12.2 Å². The zero-order valence-electron chi connectivity index (χ0n) is 13.5. The summed E-state index contributed by atoms with van der Waals surface area (Å²) in [5.41, 5.74) is 2.29. The van der Waals surface area contributed by atoms with Crippen LogP contribution in [0.25, 0.3) is 0 Å². The maximum absolute atomic E-state index is 12.6. The zero-order valence-corrected chi connectivity index (χ0v) is 14.2. The molecule has 0 bridgehead atoms. The summed E-state index contributed by atoms with van der Waals surface area (Å²) in [6.45, 7) is 1.41. The molecule has 1 N–H and O–H groups in total. The van der Waals surface area contributed by atoms with Crippen LogP contribution in [-0.4, -0.2) is 42.8 Å². The van der Waals surface area contributed by atoms with Gasteiger partial charge in [0.05, 0.1) is 28.4 Å². The van der Waals surface area contributed by atoms with Gasteiger partial charge in [-0.25, -0.2) is 0 Å². The smallest absolute Gasteiger partial charge is 0.262 e. The summed E-state index contributed by atoms with van der Waals surface area (Å²) < 4.78 is 0. The molecular weight excluding hydrogens is 340 g/mol. The third kappa shape index (κ3) is 2.55. The Labute approximate surface area is 149 Å². The number of fused-ring (bicyclic) bond motifs is 3. The number of carbonyl (C=O) groups excluding carboxylic acids is 2. The van der Waals surface area contributed by atoms with Gasteiger partial charge >= 0.3 is 0 Å². The second kappa shape index (κ2) is 5.89. The molecule has 2 aliphatic rings. The predicted octanol–water partition coefficient (Wildman–Crippen LogP) is 2.85. The summed E-state index contributed by atoms with van der Waals surface area (Å²) in [7, 11) is 1.71. The lowest BCUT2D eigenvalue weighted by Crippen LogP contribution is -2.48. The Morgan fingerprint density at radius 3 is 2.84 bits per heavy atom. The van der Waals surface area contributed by atoms with E-state index < -0.39 is 0 Å². The average Bonchev–Trinajstić information content (AvgIpc) is 3.10. The van der Waals surface area contributed by atoms with Crippen molar-refractivity contribution in [3.8, 4) is 0 Å². The van der Waals surface area contributed by atoms with E-state index in [0.29, 0.717) is 34.3 Å². The summed E-state index contributed by atoms with van der Waals surface area (Å²) in [5, 5.41) is 3.18. The van der Waals surface area contributed by atoms with E-state index in [-0.39, 0.29) is 11.8 Å². The summed E-state index contributed by atoms with van der Waals surface area (Å²) in [6, 6.07) is 12.1. The van der Waals surface area contributed by atoms with Crippen molar-refractivity contribution in [1.82, 2.24) is 4.90 Å². The first-order valence-electron chi connectivity index (χ1n) is 7.86. The minimum Gasteiger partial charge on any atom is -0.322 e. The molecule has 126 valence electrons. The molecule has 2 aromatic rings. The number of anilines is 2. The molecule has 2 amide bonds. The van der Waals surface area contributed by atoms with Crippen LogP contribution in [-0.2, 0) is 0 Å². The number of carbonyl (C=O) groups is 2. The second-order valence-corrected chi connectivity index (χ2v) is 6.27. The fourth-order valence-corrected chi connectivity index (χ4v) is 3.31. The van der Waals surface area contributed by atoms with E-state index in [1.165, 1.54) is 4.90 Å². The second-order valence-electron chi connectivity index (χ2n) is 5.86. The van der Waals surface area contributed by atoms with Gasteiger partial charge in [-0.15, -0.1) is 0 Å². The van der Waals surface area contributed by atoms with Crippen molar-refractivity contribution in [3.05, 3.63) is 58.6 Å². The van der Waals surface area contributed by atoms with Gasteiger partial charge in [0.25, 0.3) is 11.8 Å². The summed E-state index contributed by atoms with van der Waals surface area (Å²) in [6.07, 6.45) is 0. The Balaban J connectivity index is 1.66. The van der Waals surface area contributed by atoms with Crippen molar-refractivity contribution < 1.29 is 9.59 Å². The van der Waals surface area contributed by atoms with E-state index in [1.54, 1.807) is 43.4 Å². The van der Waals surface area contributed by atoms with Crippen LogP contribution in [0.5, 0.6) is 0 Å². The maximum atomic E-state index is 12.6. The number of guanidine groups is 1. The highest BCUT2D eigenvalue weighted by Gasteiger charge is 2.35. The molecule has 2 aliphatic heterocycles. The van der Waals surface area contributed by atoms with Crippen LogP contribution in [0.15, 0.2) is 47.5 Å². The molecule has 7 heteroatoms. The number of nitrogens with zero attached hydrogens (tertiary/aromatic N) is 3. The summed E-state index contributed by atoms with van der Waals surface area (Å²) >= 11 is 6.06. The molecule has 0 atom stereocenters. The molecule has 0 unspecified atom stereocenters. The first-order valence-corrected chi connectivity index (χ1v) is 8.24. The number of rotatable bonds is 2. The topological polar surface area (TPSA) is 65.0 Å². The van der Waals surface area contributed by atoms with E-state index in [9.17, 15) is 9.59 Å². The van der Waals surface area contributed by atoms with E-state index in [4.69, 9.17) is 11.6 Å². The summed E-state index contributed by atoms with van der Waals surface area (Å²) in [4.78, 5) is 32.9. The number of benzene rings is 2. The third-order valence-electron chi connectivity index (χ3n) is 4.32. The van der Waals surface area contributed by atoms with Gasteiger partial charge in [0.2, 0.25) is 5.96 Å². The molecule has 0 fully saturated rings. The fourth-order valence-electron chi connectivity index (χ4n) is 3.09. The van der Waals surface area contributed by atoms with Gasteiger partial charge in [-0.05, 0) is 30.3 Å². The largest absolute Gasteiger partial charge is 0.322 e. The maximum Gasteiger partial charge on any atom is 0.262 e. The highest BCUT2D eigenvalue weighted by atomic mass is 35.5. The van der Waals surface area contributed by atoms with Gasteiger partial charge in [0.1, 0.15) is 0 Å². The molecule has 0 saturated heterocycles. The minimum absolute atomic E-state index is 0.138.